The summed E-state index contributed by atoms with van der Waals surface area (Å²) in [5.74, 6) is -0.495. The molecule has 1 N–H and O–H groups in total. The van der Waals surface area contributed by atoms with Crippen LogP contribution in [0.5, 0.6) is 0 Å². The standard InChI is InChI=1S/C14H14O3Si/c1-9(17-18)13(14(15)16)12-8-4-6-10-5-2-3-7-11(10)12/h2-8H,1,18H3,(H,15,16). The predicted molar refractivity (Wildman–Crippen MR) is 75.2 cm³/mol. The fourth-order valence-electron chi connectivity index (χ4n) is 2.00. The van der Waals surface area contributed by atoms with Gasteiger partial charge in [0, 0.05) is 5.56 Å². The molecule has 4 heteroatoms. The molecule has 0 aliphatic heterocycles. The summed E-state index contributed by atoms with van der Waals surface area (Å²) in [6.45, 7) is 1.69. The Bertz CT molecular complexity index is 626. The van der Waals surface area contributed by atoms with E-state index in [-0.39, 0.29) is 5.57 Å². The van der Waals surface area contributed by atoms with Gasteiger partial charge in [0.1, 0.15) is 5.57 Å². The molecule has 0 atom stereocenters. The van der Waals surface area contributed by atoms with E-state index in [1.165, 1.54) is 0 Å². The molecule has 0 aliphatic carbocycles. The van der Waals surface area contributed by atoms with Gasteiger partial charge in [-0.25, -0.2) is 4.79 Å². The van der Waals surface area contributed by atoms with Crippen molar-refractivity contribution in [2.75, 3.05) is 0 Å². The highest BCUT2D eigenvalue weighted by molar-refractivity contribution is 6.20. The first-order valence-electron chi connectivity index (χ1n) is 5.61. The molecule has 3 nitrogen and oxygen atoms in total. The number of carboxylic acids is 1. The van der Waals surface area contributed by atoms with Crippen LogP contribution in [0, 0.1) is 0 Å². The van der Waals surface area contributed by atoms with Crippen LogP contribution in [0.1, 0.15) is 12.5 Å². The van der Waals surface area contributed by atoms with Crippen molar-refractivity contribution < 1.29 is 14.3 Å². The molecular formula is C14H14O3Si. The molecule has 0 bridgehead atoms. The van der Waals surface area contributed by atoms with E-state index < -0.39 is 5.97 Å². The third-order valence-corrected chi connectivity index (χ3v) is 3.54. The van der Waals surface area contributed by atoms with Crippen LogP contribution < -0.4 is 0 Å². The first kappa shape index (κ1) is 12.4. The van der Waals surface area contributed by atoms with Crippen LogP contribution in [0.4, 0.5) is 0 Å². The van der Waals surface area contributed by atoms with Gasteiger partial charge in [0.25, 0.3) is 0 Å². The minimum Gasteiger partial charge on any atom is -0.556 e. The first-order valence-corrected chi connectivity index (χ1v) is 6.43. The molecule has 0 fully saturated rings. The number of carboxylic acid groups (broad SMARTS) is 1. The fourth-order valence-corrected chi connectivity index (χ4v) is 2.21. The Morgan fingerprint density at radius 3 is 2.50 bits per heavy atom. The Hall–Kier alpha value is -2.07. The zero-order valence-corrected chi connectivity index (χ0v) is 12.3. The maximum atomic E-state index is 11.4. The smallest absolute Gasteiger partial charge is 0.339 e. The number of hydrogen-bond acceptors (Lipinski definition) is 2. The topological polar surface area (TPSA) is 46.5 Å². The van der Waals surface area contributed by atoms with Gasteiger partial charge in [-0.1, -0.05) is 42.5 Å². The summed E-state index contributed by atoms with van der Waals surface area (Å²) >= 11 is 0. The number of fused-ring (bicyclic) bond motifs is 1. The van der Waals surface area contributed by atoms with Crippen molar-refractivity contribution in [3.63, 3.8) is 0 Å². The normalized spacial score (nSPS) is 12.3. The number of allylic oxidation sites excluding steroid dienone is 1. The Balaban J connectivity index is 2.77. The van der Waals surface area contributed by atoms with E-state index in [9.17, 15) is 9.90 Å². The van der Waals surface area contributed by atoms with Gasteiger partial charge in [0.15, 0.2) is 0 Å². The molecular weight excluding hydrogens is 244 g/mol. The summed E-state index contributed by atoms with van der Waals surface area (Å²) in [5, 5.41) is 11.3. The first-order chi connectivity index (χ1) is 8.65. The van der Waals surface area contributed by atoms with Crippen molar-refractivity contribution in [3.8, 4) is 0 Å². The lowest BCUT2D eigenvalue weighted by Gasteiger charge is -2.11. The van der Waals surface area contributed by atoms with Gasteiger partial charge in [0.2, 0.25) is 10.5 Å². The van der Waals surface area contributed by atoms with E-state index >= 15 is 0 Å². The lowest BCUT2D eigenvalue weighted by atomic mass is 9.97. The van der Waals surface area contributed by atoms with Gasteiger partial charge in [-0.15, -0.1) is 0 Å². The number of hydrogen-bond donors (Lipinski definition) is 1. The minimum atomic E-state index is -0.959. The molecule has 0 saturated heterocycles. The summed E-state index contributed by atoms with van der Waals surface area (Å²) in [6, 6.07) is 13.4. The summed E-state index contributed by atoms with van der Waals surface area (Å²) in [6.07, 6.45) is 0. The third kappa shape index (κ3) is 2.15. The van der Waals surface area contributed by atoms with Crippen molar-refractivity contribution in [1.82, 2.24) is 0 Å². The Labute approximate surface area is 108 Å². The monoisotopic (exact) mass is 258 g/mol. The fraction of sp³-hybridized carbons (Fsp3) is 0.0714. The van der Waals surface area contributed by atoms with E-state index in [0.717, 1.165) is 10.8 Å². The molecule has 18 heavy (non-hydrogen) atoms. The van der Waals surface area contributed by atoms with E-state index in [4.69, 9.17) is 4.43 Å². The van der Waals surface area contributed by atoms with Crippen LogP contribution in [0.15, 0.2) is 48.2 Å². The van der Waals surface area contributed by atoms with E-state index in [0.29, 0.717) is 21.8 Å². The summed E-state index contributed by atoms with van der Waals surface area (Å²) < 4.78 is 5.21. The van der Waals surface area contributed by atoms with E-state index in [2.05, 4.69) is 0 Å². The van der Waals surface area contributed by atoms with Gasteiger partial charge in [-0.05, 0) is 17.7 Å². The molecule has 0 spiro atoms. The molecule has 2 rings (SSSR count). The molecule has 92 valence electrons. The molecule has 0 amide bonds. The SMILES string of the molecule is CC(O[SiH3])=C(C(=O)O)c1cccc2ccccc12. The second-order valence-electron chi connectivity index (χ2n) is 3.97. The minimum absolute atomic E-state index is 0.238. The maximum absolute atomic E-state index is 11.4. The van der Waals surface area contributed by atoms with Crippen molar-refractivity contribution in [1.29, 1.82) is 0 Å². The molecule has 2 aromatic rings. The van der Waals surface area contributed by atoms with Crippen molar-refractivity contribution in [2.45, 2.75) is 6.92 Å². The maximum Gasteiger partial charge on any atom is 0.339 e. The van der Waals surface area contributed by atoms with Crippen LogP contribution in [-0.4, -0.2) is 21.6 Å². The van der Waals surface area contributed by atoms with Gasteiger partial charge in [0.05, 0.1) is 5.76 Å². The highest BCUT2D eigenvalue weighted by Gasteiger charge is 2.16. The average Bonchev–Trinajstić information content (AvgIpc) is 2.38. The van der Waals surface area contributed by atoms with Gasteiger partial charge in [-0.2, -0.15) is 0 Å². The van der Waals surface area contributed by atoms with E-state index in [1.807, 2.05) is 42.5 Å². The lowest BCUT2D eigenvalue weighted by molar-refractivity contribution is -0.130. The Morgan fingerprint density at radius 2 is 1.83 bits per heavy atom. The molecule has 0 unspecified atom stereocenters. The van der Waals surface area contributed by atoms with Gasteiger partial charge in [-0.3, -0.25) is 0 Å². The van der Waals surface area contributed by atoms with Crippen molar-refractivity contribution >= 4 is 32.8 Å². The predicted octanol–water partition coefficient (Wildman–Crippen LogP) is 1.95. The van der Waals surface area contributed by atoms with Crippen molar-refractivity contribution in [3.05, 3.63) is 53.8 Å². The van der Waals surface area contributed by atoms with Crippen LogP contribution >= 0.6 is 0 Å². The highest BCUT2D eigenvalue weighted by atomic mass is 28.2. The molecule has 0 heterocycles. The van der Waals surface area contributed by atoms with Crippen molar-refractivity contribution in [2.24, 2.45) is 0 Å². The van der Waals surface area contributed by atoms with Gasteiger partial charge < -0.3 is 9.53 Å². The average molecular weight is 258 g/mol. The Morgan fingerprint density at radius 1 is 1.17 bits per heavy atom. The van der Waals surface area contributed by atoms with Crippen LogP contribution in [0.3, 0.4) is 0 Å². The summed E-state index contributed by atoms with van der Waals surface area (Å²) in [7, 11) is 0.477. The molecule has 0 aliphatic rings. The number of benzene rings is 2. The molecule has 0 saturated carbocycles. The summed E-state index contributed by atoms with van der Waals surface area (Å²) in [4.78, 5) is 11.4. The number of carbonyl (C=O) groups is 1. The second kappa shape index (κ2) is 5.06. The zero-order chi connectivity index (χ0) is 13.1. The number of rotatable bonds is 3. The largest absolute Gasteiger partial charge is 0.556 e. The molecule has 0 aromatic heterocycles. The molecule has 0 radical (unpaired) electrons. The summed E-state index contributed by atoms with van der Waals surface area (Å²) in [5.41, 5.74) is 0.941. The quantitative estimate of drug-likeness (QED) is 0.520. The van der Waals surface area contributed by atoms with Gasteiger partial charge >= 0.3 is 5.97 Å². The Kier molecular flexibility index (Phi) is 3.48. The van der Waals surface area contributed by atoms with Crippen LogP contribution in [0.25, 0.3) is 16.3 Å². The lowest BCUT2D eigenvalue weighted by Crippen LogP contribution is -2.04. The highest BCUT2D eigenvalue weighted by Crippen LogP contribution is 2.27. The second-order valence-corrected chi connectivity index (χ2v) is 4.38. The zero-order valence-electron chi connectivity index (χ0n) is 10.3. The third-order valence-electron chi connectivity index (χ3n) is 2.93. The van der Waals surface area contributed by atoms with Crippen LogP contribution in [-0.2, 0) is 9.22 Å². The van der Waals surface area contributed by atoms with Crippen LogP contribution in [0.2, 0.25) is 0 Å². The number of aliphatic carboxylic acids is 1. The molecule has 2 aromatic carbocycles. The van der Waals surface area contributed by atoms with E-state index in [1.54, 1.807) is 6.92 Å².